The van der Waals surface area contributed by atoms with Gasteiger partial charge in [0.15, 0.2) is 0 Å². The van der Waals surface area contributed by atoms with Crippen LogP contribution in [0.1, 0.15) is 32.1 Å². The van der Waals surface area contributed by atoms with E-state index in [0.717, 1.165) is 5.75 Å². The molecule has 0 amide bonds. The van der Waals surface area contributed by atoms with Crippen LogP contribution in [0.4, 0.5) is 11.4 Å². The van der Waals surface area contributed by atoms with Gasteiger partial charge in [0.05, 0.1) is 18.5 Å². The molecular weight excluding hydrogens is 214 g/mol. The Hall–Kier alpha value is -1.42. The largest absolute Gasteiger partial charge is 0.497 e. The van der Waals surface area contributed by atoms with Gasteiger partial charge in [-0.25, -0.2) is 0 Å². The number of benzene rings is 1. The Morgan fingerprint density at radius 3 is 2.12 bits per heavy atom. The monoisotopic (exact) mass is 237 g/mol. The lowest BCUT2D eigenvalue weighted by Gasteiger charge is -2.15. The van der Waals surface area contributed by atoms with Crippen molar-refractivity contribution in [3.63, 3.8) is 0 Å². The van der Waals surface area contributed by atoms with E-state index >= 15 is 0 Å². The van der Waals surface area contributed by atoms with E-state index in [0.29, 0.717) is 17.4 Å². The normalized spacial score (nSPS) is 15.9. The molecule has 17 heavy (non-hydrogen) atoms. The van der Waals surface area contributed by atoms with E-state index in [2.05, 4.69) is 0 Å². The standard InChI is InChI=1S/C7H10N2O.C6H13N/c1-10-5-2-3-6(8)7(9)4-5;7-6-4-2-1-3-5-6/h2-4H,8-9H2,1H3;6H,1-5,7H2. The summed E-state index contributed by atoms with van der Waals surface area (Å²) in [4.78, 5) is 0. The Balaban J connectivity index is 0.000000181. The molecule has 1 aromatic rings. The summed E-state index contributed by atoms with van der Waals surface area (Å²) in [6, 6.07) is 5.71. The van der Waals surface area contributed by atoms with Gasteiger partial charge >= 0.3 is 0 Å². The lowest BCUT2D eigenvalue weighted by molar-refractivity contribution is 0.415. The maximum absolute atomic E-state index is 5.63. The number of methoxy groups -OCH3 is 1. The van der Waals surface area contributed by atoms with Crippen molar-refractivity contribution in [3.8, 4) is 5.75 Å². The fraction of sp³-hybridized carbons (Fsp3) is 0.538. The van der Waals surface area contributed by atoms with E-state index in [1.54, 1.807) is 25.3 Å². The average molecular weight is 237 g/mol. The number of hydrogen-bond acceptors (Lipinski definition) is 4. The number of anilines is 2. The molecule has 1 saturated carbocycles. The Labute approximate surface area is 103 Å². The summed E-state index contributed by atoms with van der Waals surface area (Å²) in [5.74, 6) is 0.728. The molecule has 1 aliphatic rings. The van der Waals surface area contributed by atoms with Crippen molar-refractivity contribution in [3.05, 3.63) is 18.2 Å². The number of hydrogen-bond donors (Lipinski definition) is 3. The second kappa shape index (κ2) is 7.01. The molecule has 0 bridgehead atoms. The number of nitrogens with two attached hydrogens (primary N) is 3. The smallest absolute Gasteiger partial charge is 0.121 e. The Bertz CT molecular complexity index is 335. The maximum atomic E-state index is 5.63. The van der Waals surface area contributed by atoms with Crippen LogP contribution in [0.15, 0.2) is 18.2 Å². The third kappa shape index (κ3) is 4.95. The molecule has 1 aliphatic carbocycles. The van der Waals surface area contributed by atoms with Crippen LogP contribution in [0.2, 0.25) is 0 Å². The predicted molar refractivity (Wildman–Crippen MR) is 72.9 cm³/mol. The zero-order valence-electron chi connectivity index (χ0n) is 10.5. The molecule has 0 heterocycles. The topological polar surface area (TPSA) is 87.3 Å². The molecule has 96 valence electrons. The van der Waals surface area contributed by atoms with Crippen molar-refractivity contribution in [1.82, 2.24) is 0 Å². The van der Waals surface area contributed by atoms with Gasteiger partial charge in [0.25, 0.3) is 0 Å². The average Bonchev–Trinajstić information content (AvgIpc) is 2.34. The van der Waals surface area contributed by atoms with E-state index in [-0.39, 0.29) is 0 Å². The fourth-order valence-electron chi connectivity index (χ4n) is 1.81. The van der Waals surface area contributed by atoms with Crippen molar-refractivity contribution in [2.45, 2.75) is 38.1 Å². The zero-order chi connectivity index (χ0) is 12.7. The first kappa shape index (κ1) is 13.6. The van der Waals surface area contributed by atoms with E-state index < -0.39 is 0 Å². The summed E-state index contributed by atoms with van der Waals surface area (Å²) >= 11 is 0. The highest BCUT2D eigenvalue weighted by atomic mass is 16.5. The fourth-order valence-corrected chi connectivity index (χ4v) is 1.81. The van der Waals surface area contributed by atoms with Crippen molar-refractivity contribution >= 4 is 11.4 Å². The molecule has 0 atom stereocenters. The predicted octanol–water partition coefficient (Wildman–Crippen LogP) is 2.14. The van der Waals surface area contributed by atoms with Gasteiger partial charge in [-0.2, -0.15) is 0 Å². The molecule has 0 spiro atoms. The molecule has 0 radical (unpaired) electrons. The number of nitrogen functional groups attached to an aromatic ring is 2. The first-order valence-corrected chi connectivity index (χ1v) is 6.08. The summed E-state index contributed by atoms with van der Waals surface area (Å²) in [5, 5.41) is 0. The molecule has 1 aromatic carbocycles. The number of ether oxygens (including phenoxy) is 1. The molecule has 2 rings (SSSR count). The Morgan fingerprint density at radius 1 is 1.06 bits per heavy atom. The van der Waals surface area contributed by atoms with Crippen LogP contribution >= 0.6 is 0 Å². The zero-order valence-corrected chi connectivity index (χ0v) is 10.5. The lowest BCUT2D eigenvalue weighted by Crippen LogP contribution is -2.22. The van der Waals surface area contributed by atoms with Gasteiger partial charge < -0.3 is 21.9 Å². The highest BCUT2D eigenvalue weighted by Crippen LogP contribution is 2.20. The summed E-state index contributed by atoms with van der Waals surface area (Å²) < 4.78 is 4.91. The Morgan fingerprint density at radius 2 is 1.71 bits per heavy atom. The van der Waals surface area contributed by atoms with Crippen LogP contribution in [0.25, 0.3) is 0 Å². The Kier molecular flexibility index (Phi) is 5.63. The quantitative estimate of drug-likeness (QED) is 0.653. The summed E-state index contributed by atoms with van der Waals surface area (Å²) in [5.41, 5.74) is 17.7. The van der Waals surface area contributed by atoms with Gasteiger partial charge in [0, 0.05) is 12.1 Å². The van der Waals surface area contributed by atoms with Gasteiger partial charge in [0.1, 0.15) is 5.75 Å². The molecule has 0 unspecified atom stereocenters. The summed E-state index contributed by atoms with van der Waals surface area (Å²) in [6.07, 6.45) is 6.66. The van der Waals surface area contributed by atoms with Crippen molar-refractivity contribution in [1.29, 1.82) is 0 Å². The first-order valence-electron chi connectivity index (χ1n) is 6.08. The summed E-state index contributed by atoms with van der Waals surface area (Å²) in [7, 11) is 1.59. The van der Waals surface area contributed by atoms with Crippen LogP contribution in [0.5, 0.6) is 5.75 Å². The number of rotatable bonds is 1. The lowest BCUT2D eigenvalue weighted by atomic mass is 9.97. The van der Waals surface area contributed by atoms with E-state index in [9.17, 15) is 0 Å². The van der Waals surface area contributed by atoms with Gasteiger partial charge in [-0.15, -0.1) is 0 Å². The third-order valence-electron chi connectivity index (χ3n) is 2.94. The van der Waals surface area contributed by atoms with Crippen LogP contribution in [0.3, 0.4) is 0 Å². The van der Waals surface area contributed by atoms with Crippen LogP contribution in [-0.4, -0.2) is 13.2 Å². The van der Waals surface area contributed by atoms with Gasteiger partial charge in [-0.1, -0.05) is 19.3 Å². The SMILES string of the molecule is COc1ccc(N)c(N)c1.NC1CCCCC1. The van der Waals surface area contributed by atoms with E-state index in [1.165, 1.54) is 32.1 Å². The van der Waals surface area contributed by atoms with Gasteiger partial charge in [-0.05, 0) is 25.0 Å². The molecule has 0 saturated heterocycles. The maximum Gasteiger partial charge on any atom is 0.121 e. The molecule has 0 aliphatic heterocycles. The van der Waals surface area contributed by atoms with Gasteiger partial charge in [0.2, 0.25) is 0 Å². The van der Waals surface area contributed by atoms with Crippen LogP contribution in [0, 0.1) is 0 Å². The minimum Gasteiger partial charge on any atom is -0.497 e. The van der Waals surface area contributed by atoms with E-state index in [1.807, 2.05) is 0 Å². The summed E-state index contributed by atoms with van der Waals surface area (Å²) in [6.45, 7) is 0. The van der Waals surface area contributed by atoms with Crippen LogP contribution in [-0.2, 0) is 0 Å². The van der Waals surface area contributed by atoms with Crippen molar-refractivity contribution < 1.29 is 4.74 Å². The van der Waals surface area contributed by atoms with Crippen LogP contribution < -0.4 is 21.9 Å². The molecule has 1 fully saturated rings. The molecule has 4 heteroatoms. The molecule has 4 nitrogen and oxygen atoms in total. The van der Waals surface area contributed by atoms with Crippen molar-refractivity contribution in [2.75, 3.05) is 18.6 Å². The molecular formula is C13H23N3O. The minimum absolute atomic E-state index is 0.536. The second-order valence-corrected chi connectivity index (χ2v) is 4.39. The third-order valence-corrected chi connectivity index (χ3v) is 2.94. The first-order chi connectivity index (χ1) is 8.13. The highest BCUT2D eigenvalue weighted by molar-refractivity contribution is 5.65. The molecule has 0 aromatic heterocycles. The highest BCUT2D eigenvalue weighted by Gasteiger charge is 2.06. The van der Waals surface area contributed by atoms with E-state index in [4.69, 9.17) is 21.9 Å². The minimum atomic E-state index is 0.536. The van der Waals surface area contributed by atoms with Gasteiger partial charge in [-0.3, -0.25) is 0 Å². The second-order valence-electron chi connectivity index (χ2n) is 4.39. The van der Waals surface area contributed by atoms with Crippen molar-refractivity contribution in [2.24, 2.45) is 5.73 Å². The molecule has 6 N–H and O–H groups in total.